The summed E-state index contributed by atoms with van der Waals surface area (Å²) in [6.45, 7) is 0.689. The molecule has 0 saturated carbocycles. The van der Waals surface area contributed by atoms with E-state index in [1.54, 1.807) is 21.3 Å². The molecular formula is C14H35F3N2O6Si2. The number of unbranched alkanes of at least 4 members (excludes halogenated alkanes) is 1. The number of hydrogen-bond donors (Lipinski definition) is 2. The molecule has 0 aliphatic heterocycles. The van der Waals surface area contributed by atoms with Gasteiger partial charge in [-0.2, -0.15) is 0 Å². The molecule has 0 fully saturated rings. The molecule has 0 heterocycles. The molecule has 0 bridgehead atoms. The van der Waals surface area contributed by atoms with Gasteiger partial charge in [0.2, 0.25) is 0 Å². The number of halogens is 3. The first-order chi connectivity index (χ1) is 12.7. The molecule has 0 saturated heterocycles. The van der Waals surface area contributed by atoms with Crippen molar-refractivity contribution in [2.24, 2.45) is 11.5 Å². The van der Waals surface area contributed by atoms with Crippen LogP contribution in [0, 0.1) is 0 Å². The fourth-order valence-corrected chi connectivity index (χ4v) is 5.84. The van der Waals surface area contributed by atoms with E-state index >= 15 is 0 Å². The van der Waals surface area contributed by atoms with Crippen molar-refractivity contribution in [3.8, 4) is 0 Å². The predicted octanol–water partition coefficient (Wildman–Crippen LogP) is 1.33. The van der Waals surface area contributed by atoms with Gasteiger partial charge in [-0.15, -0.1) is 0 Å². The zero-order valence-electron chi connectivity index (χ0n) is 17.0. The van der Waals surface area contributed by atoms with Crippen LogP contribution in [0.25, 0.3) is 0 Å². The topological polar surface area (TPSA) is 107 Å². The Bertz CT molecular complexity index is 340. The number of nitrogens with two attached hydrogens (primary N) is 2. The highest BCUT2D eigenvalue weighted by atomic mass is 28.4. The summed E-state index contributed by atoms with van der Waals surface area (Å²) in [6, 6.07) is -0.534. The van der Waals surface area contributed by atoms with Crippen molar-refractivity contribution in [2.45, 2.75) is 43.6 Å². The maximum absolute atomic E-state index is 12.6. The van der Waals surface area contributed by atoms with E-state index in [2.05, 4.69) is 0 Å². The van der Waals surface area contributed by atoms with Crippen LogP contribution in [0.4, 0.5) is 13.2 Å². The average Bonchev–Trinajstić information content (AvgIpc) is 2.68. The molecule has 0 aromatic rings. The summed E-state index contributed by atoms with van der Waals surface area (Å²) in [6.07, 6.45) is -2.55. The van der Waals surface area contributed by atoms with Gasteiger partial charge in [0, 0.05) is 42.7 Å². The van der Waals surface area contributed by atoms with Crippen LogP contribution in [0.2, 0.25) is 6.04 Å². The van der Waals surface area contributed by atoms with E-state index < -0.39 is 36.3 Å². The molecule has 0 aromatic carbocycles. The molecule has 2 atom stereocenters. The molecule has 27 heavy (non-hydrogen) atoms. The highest BCUT2D eigenvalue weighted by Crippen LogP contribution is 2.21. The van der Waals surface area contributed by atoms with E-state index in [1.165, 1.54) is 21.3 Å². The maximum Gasteiger partial charge on any atom is 0.517 e. The molecule has 8 nitrogen and oxygen atoms in total. The maximum atomic E-state index is 12.6. The van der Waals surface area contributed by atoms with Crippen molar-refractivity contribution in [3.05, 3.63) is 0 Å². The van der Waals surface area contributed by atoms with Crippen LogP contribution in [-0.2, 0) is 26.6 Å². The Hall–Kier alpha value is -0.0962. The third-order valence-corrected chi connectivity index (χ3v) is 9.59. The molecule has 4 N–H and O–H groups in total. The Balaban J connectivity index is 0. The van der Waals surface area contributed by atoms with Gasteiger partial charge < -0.3 is 38.0 Å². The fourth-order valence-electron chi connectivity index (χ4n) is 2.22. The Morgan fingerprint density at radius 2 is 1.22 bits per heavy atom. The molecule has 0 aromatic heterocycles. The smallest absolute Gasteiger partial charge is 0.377 e. The molecule has 0 aliphatic rings. The Morgan fingerprint density at radius 3 is 1.52 bits per heavy atom. The third-order valence-electron chi connectivity index (χ3n) is 3.93. The molecule has 166 valence electrons. The Morgan fingerprint density at radius 1 is 0.778 bits per heavy atom. The highest BCUT2D eigenvalue weighted by molar-refractivity contribution is 6.62. The molecule has 0 amide bonds. The Labute approximate surface area is 162 Å². The fraction of sp³-hybridized carbons (Fsp3) is 1.00. The minimum absolute atomic E-state index is 0.172. The summed E-state index contributed by atoms with van der Waals surface area (Å²) >= 11 is 0. The summed E-state index contributed by atoms with van der Waals surface area (Å²) in [5.74, 6) is 0. The van der Waals surface area contributed by atoms with E-state index in [-0.39, 0.29) is 5.67 Å². The normalized spacial score (nSPS) is 14.7. The standard InChI is InChI=1S/C8H22N2O3Si.C6H13F3O3Si/c1-11-14(12-2,13-3)8(10)6-4-5-7-9;1-10-13(11-2,12-3)4-5(7)6(8)9/h8H,4-7,9-10H2,1-3H3;5-6H,4H2,1-3H3. The van der Waals surface area contributed by atoms with Gasteiger partial charge in [0.15, 0.2) is 6.17 Å². The first-order valence-electron chi connectivity index (χ1n) is 8.36. The lowest BCUT2D eigenvalue weighted by Crippen LogP contribution is -2.58. The lowest BCUT2D eigenvalue weighted by atomic mass is 10.2. The number of alkyl halides is 3. The van der Waals surface area contributed by atoms with Gasteiger partial charge in [-0.1, -0.05) is 6.42 Å². The summed E-state index contributed by atoms with van der Waals surface area (Å²) < 4.78 is 66.5. The van der Waals surface area contributed by atoms with Gasteiger partial charge in [-0.3, -0.25) is 0 Å². The lowest BCUT2D eigenvalue weighted by Gasteiger charge is -2.29. The van der Waals surface area contributed by atoms with Gasteiger partial charge >= 0.3 is 17.6 Å². The first kappa shape index (κ1) is 29.1. The summed E-state index contributed by atoms with van der Waals surface area (Å²) in [5.41, 5.74) is 11.2. The lowest BCUT2D eigenvalue weighted by molar-refractivity contribution is 0.0406. The van der Waals surface area contributed by atoms with E-state index in [4.69, 9.17) is 38.0 Å². The minimum atomic E-state index is -3.20. The second kappa shape index (κ2) is 15.8. The van der Waals surface area contributed by atoms with Crippen molar-refractivity contribution >= 4 is 17.6 Å². The van der Waals surface area contributed by atoms with Crippen molar-refractivity contribution in [3.63, 3.8) is 0 Å². The molecule has 13 heteroatoms. The van der Waals surface area contributed by atoms with Crippen LogP contribution in [0.3, 0.4) is 0 Å². The summed E-state index contributed by atoms with van der Waals surface area (Å²) in [7, 11) is 2.62. The first-order valence-corrected chi connectivity index (χ1v) is 12.1. The Kier molecular flexibility index (Phi) is 17.0. The third kappa shape index (κ3) is 10.3. The molecule has 0 rings (SSSR count). The number of hydrogen-bond acceptors (Lipinski definition) is 8. The van der Waals surface area contributed by atoms with Crippen molar-refractivity contribution in [1.29, 1.82) is 0 Å². The van der Waals surface area contributed by atoms with Crippen LogP contribution in [0.1, 0.15) is 19.3 Å². The van der Waals surface area contributed by atoms with Crippen LogP contribution in [-0.4, -0.2) is 85.1 Å². The molecular weight excluding hydrogens is 405 g/mol. The van der Waals surface area contributed by atoms with E-state index in [0.717, 1.165) is 19.3 Å². The van der Waals surface area contributed by atoms with Gasteiger partial charge in [-0.05, 0) is 19.4 Å². The van der Waals surface area contributed by atoms with E-state index in [9.17, 15) is 13.2 Å². The highest BCUT2D eigenvalue weighted by Gasteiger charge is 2.45. The largest absolute Gasteiger partial charge is 0.517 e. The van der Waals surface area contributed by atoms with Crippen LogP contribution >= 0.6 is 0 Å². The van der Waals surface area contributed by atoms with Gasteiger partial charge in [0.1, 0.15) is 0 Å². The predicted molar refractivity (Wildman–Crippen MR) is 100 cm³/mol. The van der Waals surface area contributed by atoms with E-state index in [1.807, 2.05) is 0 Å². The monoisotopic (exact) mass is 440 g/mol. The van der Waals surface area contributed by atoms with Gasteiger partial charge in [0.05, 0.1) is 11.7 Å². The minimum Gasteiger partial charge on any atom is -0.377 e. The van der Waals surface area contributed by atoms with Gasteiger partial charge in [0.25, 0.3) is 6.43 Å². The zero-order valence-corrected chi connectivity index (χ0v) is 19.0. The van der Waals surface area contributed by atoms with Crippen LogP contribution in [0.15, 0.2) is 0 Å². The number of rotatable bonds is 14. The molecule has 2 unspecified atom stereocenters. The average molecular weight is 441 g/mol. The van der Waals surface area contributed by atoms with Crippen molar-refractivity contribution in [2.75, 3.05) is 49.2 Å². The zero-order chi connectivity index (χ0) is 21.5. The van der Waals surface area contributed by atoms with Crippen LogP contribution < -0.4 is 11.5 Å². The second-order valence-electron chi connectivity index (χ2n) is 5.46. The second-order valence-corrected chi connectivity index (χ2v) is 11.6. The SMILES string of the molecule is CO[Si](CC(F)C(F)F)(OC)OC.CO[Si](OC)(OC)C(N)CCCCN. The quantitative estimate of drug-likeness (QED) is 0.308. The van der Waals surface area contributed by atoms with Crippen molar-refractivity contribution < 1.29 is 39.7 Å². The van der Waals surface area contributed by atoms with Crippen molar-refractivity contribution in [1.82, 2.24) is 0 Å². The summed E-state index contributed by atoms with van der Waals surface area (Å²) in [4.78, 5) is 0. The summed E-state index contributed by atoms with van der Waals surface area (Å²) in [5, 5.41) is 0. The molecule has 0 radical (unpaired) electrons. The van der Waals surface area contributed by atoms with Gasteiger partial charge in [-0.25, -0.2) is 13.2 Å². The molecule has 0 aliphatic carbocycles. The van der Waals surface area contributed by atoms with Crippen LogP contribution in [0.5, 0.6) is 0 Å². The van der Waals surface area contributed by atoms with E-state index in [0.29, 0.717) is 6.54 Å². The molecule has 0 spiro atoms.